The summed E-state index contributed by atoms with van der Waals surface area (Å²) in [6.07, 6.45) is 2.00. The fourth-order valence-corrected chi connectivity index (χ4v) is 3.87. The lowest BCUT2D eigenvalue weighted by atomic mass is 9.93. The Morgan fingerprint density at radius 3 is 2.70 bits per heavy atom. The van der Waals surface area contributed by atoms with E-state index in [2.05, 4.69) is 32.0 Å². The maximum absolute atomic E-state index is 11.7. The van der Waals surface area contributed by atoms with Gasteiger partial charge in [-0.15, -0.1) is 0 Å². The molecule has 1 aliphatic heterocycles. The van der Waals surface area contributed by atoms with Crippen LogP contribution in [0, 0.1) is 6.92 Å². The molecule has 1 aromatic carbocycles. The summed E-state index contributed by atoms with van der Waals surface area (Å²) in [5.41, 5.74) is 2.92. The Hall–Kier alpha value is -2.73. The number of pyridine rings is 1. The Bertz CT molecular complexity index is 1010. The number of piperidine rings is 1. The first-order chi connectivity index (χ1) is 13.1. The third-order valence-electron chi connectivity index (χ3n) is 5.24. The summed E-state index contributed by atoms with van der Waals surface area (Å²) in [4.78, 5) is 26.0. The van der Waals surface area contributed by atoms with Crippen molar-refractivity contribution in [2.75, 3.05) is 20.2 Å². The van der Waals surface area contributed by atoms with Crippen LogP contribution in [0.15, 0.2) is 41.2 Å². The van der Waals surface area contributed by atoms with Crippen molar-refractivity contribution >= 4 is 10.9 Å². The second-order valence-electron chi connectivity index (χ2n) is 7.16. The topological polar surface area (TPSA) is 71.1 Å². The number of fused-ring (bicyclic) bond motifs is 1. The summed E-state index contributed by atoms with van der Waals surface area (Å²) in [6, 6.07) is 11.9. The first kappa shape index (κ1) is 17.7. The highest BCUT2D eigenvalue weighted by molar-refractivity contribution is 5.80. The average Bonchev–Trinajstić information content (AvgIpc) is 2.67. The molecule has 27 heavy (non-hydrogen) atoms. The molecule has 4 rings (SSSR count). The summed E-state index contributed by atoms with van der Waals surface area (Å²) in [7, 11) is 1.67. The molecule has 0 atom stereocenters. The van der Waals surface area contributed by atoms with Gasteiger partial charge in [0.2, 0.25) is 5.88 Å². The predicted molar refractivity (Wildman–Crippen MR) is 105 cm³/mol. The lowest BCUT2D eigenvalue weighted by Gasteiger charge is -2.31. The Labute approximate surface area is 158 Å². The molecule has 3 aromatic rings. The van der Waals surface area contributed by atoms with Gasteiger partial charge in [-0.25, -0.2) is 9.97 Å². The quantitative estimate of drug-likeness (QED) is 0.770. The number of likely N-dealkylation sites (tertiary alicyclic amines) is 1. The van der Waals surface area contributed by atoms with E-state index in [4.69, 9.17) is 4.74 Å². The van der Waals surface area contributed by atoms with E-state index in [1.54, 1.807) is 13.2 Å². The van der Waals surface area contributed by atoms with Gasteiger partial charge in [0.1, 0.15) is 5.82 Å². The third kappa shape index (κ3) is 3.85. The molecule has 1 N–H and O–H groups in total. The molecule has 0 spiro atoms. The molecule has 1 saturated heterocycles. The number of nitrogens with zero attached hydrogens (tertiary/aromatic N) is 3. The molecule has 0 saturated carbocycles. The van der Waals surface area contributed by atoms with Crippen LogP contribution in [0.5, 0.6) is 5.88 Å². The number of aryl methyl sites for hydroxylation is 1. The van der Waals surface area contributed by atoms with Crippen LogP contribution in [0.3, 0.4) is 0 Å². The predicted octanol–water partition coefficient (Wildman–Crippen LogP) is 3.01. The van der Waals surface area contributed by atoms with Gasteiger partial charge < -0.3 is 9.72 Å². The van der Waals surface area contributed by atoms with Crippen LogP contribution >= 0.6 is 0 Å². The van der Waals surface area contributed by atoms with Gasteiger partial charge >= 0.3 is 0 Å². The van der Waals surface area contributed by atoms with Gasteiger partial charge in [0.15, 0.2) is 0 Å². The van der Waals surface area contributed by atoms with Crippen molar-refractivity contribution in [2.45, 2.75) is 32.2 Å². The van der Waals surface area contributed by atoms with Gasteiger partial charge in [0.05, 0.1) is 18.3 Å². The molecule has 1 aliphatic rings. The van der Waals surface area contributed by atoms with E-state index in [1.807, 2.05) is 25.1 Å². The number of H-pyrrole nitrogens is 1. The first-order valence-corrected chi connectivity index (χ1v) is 9.35. The number of para-hydroxylation sites is 1. The van der Waals surface area contributed by atoms with Crippen LogP contribution in [-0.2, 0) is 6.54 Å². The molecule has 2 aromatic heterocycles. The van der Waals surface area contributed by atoms with Crippen molar-refractivity contribution in [1.29, 1.82) is 0 Å². The number of hydrogen-bond acceptors (Lipinski definition) is 5. The zero-order valence-corrected chi connectivity index (χ0v) is 15.7. The Morgan fingerprint density at radius 1 is 1.19 bits per heavy atom. The lowest BCUT2D eigenvalue weighted by Crippen LogP contribution is -2.33. The van der Waals surface area contributed by atoms with Crippen molar-refractivity contribution in [1.82, 2.24) is 19.9 Å². The van der Waals surface area contributed by atoms with Crippen molar-refractivity contribution < 1.29 is 4.74 Å². The number of aromatic amines is 1. The molecular weight excluding hydrogens is 340 g/mol. The van der Waals surface area contributed by atoms with Crippen molar-refractivity contribution in [3.8, 4) is 5.88 Å². The molecule has 6 nitrogen and oxygen atoms in total. The normalized spacial score (nSPS) is 15.9. The zero-order chi connectivity index (χ0) is 18.8. The van der Waals surface area contributed by atoms with Gasteiger partial charge in [-0.2, -0.15) is 0 Å². The highest BCUT2D eigenvalue weighted by Gasteiger charge is 2.23. The monoisotopic (exact) mass is 364 g/mol. The van der Waals surface area contributed by atoms with Gasteiger partial charge in [-0.05, 0) is 45.0 Å². The number of nitrogens with one attached hydrogen (secondary N) is 1. The maximum Gasteiger partial charge on any atom is 0.251 e. The smallest absolute Gasteiger partial charge is 0.251 e. The molecule has 0 bridgehead atoms. The molecule has 140 valence electrons. The first-order valence-electron chi connectivity index (χ1n) is 9.35. The summed E-state index contributed by atoms with van der Waals surface area (Å²) < 4.78 is 5.53. The van der Waals surface area contributed by atoms with Crippen molar-refractivity contribution in [2.24, 2.45) is 0 Å². The number of rotatable bonds is 4. The van der Waals surface area contributed by atoms with Crippen molar-refractivity contribution in [3.05, 3.63) is 63.8 Å². The summed E-state index contributed by atoms with van der Waals surface area (Å²) in [5.74, 6) is 1.73. The number of benzene rings is 1. The van der Waals surface area contributed by atoms with E-state index in [-0.39, 0.29) is 5.56 Å². The van der Waals surface area contributed by atoms with Gasteiger partial charge in [0.25, 0.3) is 5.56 Å². The van der Waals surface area contributed by atoms with Crippen molar-refractivity contribution in [3.63, 3.8) is 0 Å². The van der Waals surface area contributed by atoms with E-state index in [9.17, 15) is 4.79 Å². The maximum atomic E-state index is 11.7. The number of methoxy groups -OCH3 is 1. The molecular formula is C21H24N4O2. The van der Waals surface area contributed by atoms with E-state index in [1.165, 1.54) is 0 Å². The second kappa shape index (κ2) is 7.48. The fraction of sp³-hybridized carbons (Fsp3) is 0.381. The van der Waals surface area contributed by atoms with Crippen LogP contribution in [0.2, 0.25) is 0 Å². The molecule has 0 unspecified atom stereocenters. The minimum absolute atomic E-state index is 0.0631. The number of ether oxygens (including phenoxy) is 1. The van der Waals surface area contributed by atoms with Gasteiger partial charge in [-0.1, -0.05) is 18.2 Å². The molecule has 0 amide bonds. The second-order valence-corrected chi connectivity index (χ2v) is 7.16. The third-order valence-corrected chi connectivity index (χ3v) is 5.24. The largest absolute Gasteiger partial charge is 0.481 e. The average molecular weight is 364 g/mol. The van der Waals surface area contributed by atoms with Crippen LogP contribution in [0.4, 0.5) is 0 Å². The highest BCUT2D eigenvalue weighted by atomic mass is 16.5. The summed E-state index contributed by atoms with van der Waals surface area (Å²) in [6.45, 7) is 4.58. The summed E-state index contributed by atoms with van der Waals surface area (Å²) >= 11 is 0. The fourth-order valence-electron chi connectivity index (χ4n) is 3.87. The number of aromatic nitrogens is 3. The van der Waals surface area contributed by atoms with E-state index >= 15 is 0 Å². The van der Waals surface area contributed by atoms with Crippen LogP contribution in [0.1, 0.15) is 35.8 Å². The molecule has 1 fully saturated rings. The van der Waals surface area contributed by atoms with Gasteiger partial charge in [0, 0.05) is 29.5 Å². The highest BCUT2D eigenvalue weighted by Crippen LogP contribution is 2.29. The van der Waals surface area contributed by atoms with Crippen LogP contribution in [0.25, 0.3) is 10.9 Å². The van der Waals surface area contributed by atoms with E-state index in [0.717, 1.165) is 54.6 Å². The minimum Gasteiger partial charge on any atom is -0.481 e. The number of hydrogen-bond donors (Lipinski definition) is 1. The standard InChI is InChI=1S/C21H24N4O2/c1-14-22-19(12-20(26)23-14)15-7-9-25(10-8-15)13-17-11-16-5-3-4-6-18(16)24-21(17)27-2/h3-6,11-12,15H,7-10,13H2,1-2H3,(H,22,23,26). The Balaban J connectivity index is 1.47. The summed E-state index contributed by atoms with van der Waals surface area (Å²) in [5, 5.41) is 1.13. The van der Waals surface area contributed by atoms with Crippen LogP contribution < -0.4 is 10.3 Å². The molecule has 3 heterocycles. The Morgan fingerprint density at radius 2 is 1.96 bits per heavy atom. The zero-order valence-electron chi connectivity index (χ0n) is 15.7. The minimum atomic E-state index is -0.0631. The van der Waals surface area contributed by atoms with E-state index < -0.39 is 0 Å². The molecule has 0 radical (unpaired) electrons. The lowest BCUT2D eigenvalue weighted by molar-refractivity contribution is 0.200. The van der Waals surface area contributed by atoms with E-state index in [0.29, 0.717) is 17.6 Å². The molecule has 6 heteroatoms. The van der Waals surface area contributed by atoms with Crippen LogP contribution in [-0.4, -0.2) is 40.1 Å². The molecule has 0 aliphatic carbocycles. The Kier molecular flexibility index (Phi) is 4.90. The van der Waals surface area contributed by atoms with Gasteiger partial charge in [-0.3, -0.25) is 9.69 Å². The SMILES string of the molecule is COc1nc2ccccc2cc1CN1CCC(c2cc(=O)[nH]c(C)n2)CC1.